The highest BCUT2D eigenvalue weighted by atomic mass is 35.5. The maximum Gasteiger partial charge on any atom is 0.0501 e. The van der Waals surface area contributed by atoms with Crippen LogP contribution < -0.4 is 5.32 Å². The molecule has 0 saturated carbocycles. The molecule has 1 aromatic heterocycles. The van der Waals surface area contributed by atoms with Crippen LogP contribution in [0.2, 0.25) is 5.02 Å². The standard InChI is InChI=1S/C12H13ClN2.ClH/c1-8-6-14-7-9-5-10-11(13)3-2-4-12(10)15(8)9;/h2-5,8,14H,6-7H2,1H3;1H. The Morgan fingerprint density at radius 1 is 1.44 bits per heavy atom. The van der Waals surface area contributed by atoms with Gasteiger partial charge in [-0.05, 0) is 25.1 Å². The van der Waals surface area contributed by atoms with E-state index in [-0.39, 0.29) is 12.4 Å². The maximum atomic E-state index is 6.19. The molecular formula is C12H14Cl2N2. The van der Waals surface area contributed by atoms with E-state index in [4.69, 9.17) is 11.6 Å². The molecule has 0 saturated heterocycles. The number of hydrogen-bond acceptors (Lipinski definition) is 1. The number of hydrogen-bond donors (Lipinski definition) is 1. The Morgan fingerprint density at radius 3 is 3.06 bits per heavy atom. The molecule has 4 heteroatoms. The third-order valence-electron chi connectivity index (χ3n) is 3.10. The fourth-order valence-electron chi connectivity index (χ4n) is 2.43. The zero-order valence-corrected chi connectivity index (χ0v) is 10.6. The van der Waals surface area contributed by atoms with Crippen LogP contribution in [0, 0.1) is 0 Å². The Labute approximate surface area is 106 Å². The van der Waals surface area contributed by atoms with Gasteiger partial charge in [-0.2, -0.15) is 0 Å². The van der Waals surface area contributed by atoms with Gasteiger partial charge >= 0.3 is 0 Å². The van der Waals surface area contributed by atoms with Crippen LogP contribution in [-0.4, -0.2) is 11.1 Å². The average molecular weight is 257 g/mol. The fourth-order valence-corrected chi connectivity index (χ4v) is 2.65. The molecule has 16 heavy (non-hydrogen) atoms. The summed E-state index contributed by atoms with van der Waals surface area (Å²) in [6.07, 6.45) is 0. The van der Waals surface area contributed by atoms with Crippen molar-refractivity contribution in [3.8, 4) is 0 Å². The molecule has 1 aliphatic rings. The van der Waals surface area contributed by atoms with Gasteiger partial charge in [-0.1, -0.05) is 17.7 Å². The SMILES string of the molecule is CC1CNCc2cc3c(Cl)cccc3n21.Cl. The first-order chi connectivity index (χ1) is 7.27. The molecule has 2 heterocycles. The van der Waals surface area contributed by atoms with Gasteiger partial charge in [0.1, 0.15) is 0 Å². The Balaban J connectivity index is 0.000000963. The summed E-state index contributed by atoms with van der Waals surface area (Å²) in [5.41, 5.74) is 2.59. The quantitative estimate of drug-likeness (QED) is 0.765. The summed E-state index contributed by atoms with van der Waals surface area (Å²) in [4.78, 5) is 0. The summed E-state index contributed by atoms with van der Waals surface area (Å²) >= 11 is 6.19. The van der Waals surface area contributed by atoms with Gasteiger partial charge in [-0.25, -0.2) is 0 Å². The summed E-state index contributed by atoms with van der Waals surface area (Å²) in [5.74, 6) is 0. The Kier molecular flexibility index (Phi) is 3.15. The average Bonchev–Trinajstić information content (AvgIpc) is 2.59. The van der Waals surface area contributed by atoms with Crippen molar-refractivity contribution in [1.82, 2.24) is 9.88 Å². The number of rotatable bonds is 0. The Hall–Kier alpha value is -0.700. The van der Waals surface area contributed by atoms with Gasteiger partial charge in [0.15, 0.2) is 0 Å². The third-order valence-corrected chi connectivity index (χ3v) is 3.43. The molecule has 2 aromatic rings. The largest absolute Gasteiger partial charge is 0.339 e. The number of aromatic nitrogens is 1. The molecule has 1 N–H and O–H groups in total. The van der Waals surface area contributed by atoms with E-state index in [2.05, 4.69) is 28.9 Å². The van der Waals surface area contributed by atoms with Gasteiger partial charge in [-0.3, -0.25) is 0 Å². The lowest BCUT2D eigenvalue weighted by Crippen LogP contribution is -2.30. The lowest BCUT2D eigenvalue weighted by atomic mass is 10.2. The monoisotopic (exact) mass is 256 g/mol. The topological polar surface area (TPSA) is 17.0 Å². The summed E-state index contributed by atoms with van der Waals surface area (Å²) in [6, 6.07) is 8.82. The van der Waals surface area contributed by atoms with Gasteiger partial charge in [0, 0.05) is 35.2 Å². The second-order valence-corrected chi connectivity index (χ2v) is 4.57. The number of nitrogens with one attached hydrogen (secondary N) is 1. The second kappa shape index (κ2) is 4.28. The van der Waals surface area contributed by atoms with Crippen LogP contribution in [0.15, 0.2) is 24.3 Å². The second-order valence-electron chi connectivity index (χ2n) is 4.16. The van der Waals surface area contributed by atoms with E-state index >= 15 is 0 Å². The zero-order chi connectivity index (χ0) is 10.4. The van der Waals surface area contributed by atoms with E-state index in [0.717, 1.165) is 18.1 Å². The van der Waals surface area contributed by atoms with Gasteiger partial charge in [0.2, 0.25) is 0 Å². The van der Waals surface area contributed by atoms with Crippen LogP contribution in [-0.2, 0) is 6.54 Å². The molecule has 0 bridgehead atoms. The highest BCUT2D eigenvalue weighted by Gasteiger charge is 2.18. The number of halogens is 2. The van der Waals surface area contributed by atoms with Crippen LogP contribution >= 0.6 is 24.0 Å². The Bertz CT molecular complexity index is 519. The van der Waals surface area contributed by atoms with Crippen LogP contribution in [0.3, 0.4) is 0 Å². The molecule has 0 fully saturated rings. The Morgan fingerprint density at radius 2 is 2.25 bits per heavy atom. The predicted molar refractivity (Wildman–Crippen MR) is 70.6 cm³/mol. The number of fused-ring (bicyclic) bond motifs is 3. The molecule has 2 nitrogen and oxygen atoms in total. The fraction of sp³-hybridized carbons (Fsp3) is 0.333. The molecule has 86 valence electrons. The molecule has 0 spiro atoms. The first-order valence-electron chi connectivity index (χ1n) is 5.26. The summed E-state index contributed by atoms with van der Waals surface area (Å²) in [7, 11) is 0. The van der Waals surface area contributed by atoms with E-state index in [1.165, 1.54) is 16.6 Å². The van der Waals surface area contributed by atoms with Crippen molar-refractivity contribution < 1.29 is 0 Å². The lowest BCUT2D eigenvalue weighted by molar-refractivity contribution is 0.439. The summed E-state index contributed by atoms with van der Waals surface area (Å²) in [6.45, 7) is 4.20. The van der Waals surface area contributed by atoms with Crippen molar-refractivity contribution >= 4 is 34.9 Å². The molecule has 1 atom stereocenters. The molecule has 3 rings (SSSR count). The maximum absolute atomic E-state index is 6.19. The normalized spacial score (nSPS) is 19.2. The molecule has 1 unspecified atom stereocenters. The molecule has 1 aliphatic heterocycles. The molecule has 1 aromatic carbocycles. The van der Waals surface area contributed by atoms with Crippen molar-refractivity contribution in [3.63, 3.8) is 0 Å². The van der Waals surface area contributed by atoms with E-state index in [1.54, 1.807) is 0 Å². The first kappa shape index (κ1) is 11.8. The van der Waals surface area contributed by atoms with Gasteiger partial charge in [0.05, 0.1) is 5.52 Å². The smallest absolute Gasteiger partial charge is 0.0501 e. The molecular weight excluding hydrogens is 243 g/mol. The van der Waals surface area contributed by atoms with Crippen molar-refractivity contribution in [2.45, 2.75) is 19.5 Å². The molecule has 0 aliphatic carbocycles. The lowest BCUT2D eigenvalue weighted by Gasteiger charge is -2.24. The molecule has 0 amide bonds. The van der Waals surface area contributed by atoms with Crippen molar-refractivity contribution in [2.24, 2.45) is 0 Å². The van der Waals surface area contributed by atoms with E-state index in [1.807, 2.05) is 12.1 Å². The summed E-state index contributed by atoms with van der Waals surface area (Å²) < 4.78 is 2.39. The van der Waals surface area contributed by atoms with E-state index in [9.17, 15) is 0 Å². The van der Waals surface area contributed by atoms with Gasteiger partial charge in [0.25, 0.3) is 0 Å². The van der Waals surface area contributed by atoms with Crippen LogP contribution in [0.4, 0.5) is 0 Å². The minimum Gasteiger partial charge on any atom is -0.339 e. The van der Waals surface area contributed by atoms with Crippen molar-refractivity contribution in [3.05, 3.63) is 35.0 Å². The summed E-state index contributed by atoms with van der Waals surface area (Å²) in [5, 5.41) is 5.43. The first-order valence-corrected chi connectivity index (χ1v) is 5.64. The van der Waals surface area contributed by atoms with Crippen molar-refractivity contribution in [2.75, 3.05) is 6.54 Å². The number of nitrogens with zero attached hydrogens (tertiary/aromatic N) is 1. The van der Waals surface area contributed by atoms with Gasteiger partial charge in [-0.15, -0.1) is 12.4 Å². The van der Waals surface area contributed by atoms with Crippen LogP contribution in [0.5, 0.6) is 0 Å². The van der Waals surface area contributed by atoms with Crippen molar-refractivity contribution in [1.29, 1.82) is 0 Å². The third kappa shape index (κ3) is 1.61. The van der Waals surface area contributed by atoms with E-state index < -0.39 is 0 Å². The van der Waals surface area contributed by atoms with Gasteiger partial charge < -0.3 is 9.88 Å². The van der Waals surface area contributed by atoms with Crippen LogP contribution in [0.25, 0.3) is 10.9 Å². The predicted octanol–water partition coefficient (Wildman–Crippen LogP) is 3.38. The minimum atomic E-state index is 0. The zero-order valence-electron chi connectivity index (χ0n) is 9.03. The molecule has 0 radical (unpaired) electrons. The highest BCUT2D eigenvalue weighted by Crippen LogP contribution is 2.30. The minimum absolute atomic E-state index is 0. The highest BCUT2D eigenvalue weighted by molar-refractivity contribution is 6.35. The number of benzene rings is 1. The van der Waals surface area contributed by atoms with E-state index in [0.29, 0.717) is 6.04 Å². The van der Waals surface area contributed by atoms with Crippen LogP contribution in [0.1, 0.15) is 18.7 Å².